The fourth-order valence-electron chi connectivity index (χ4n) is 2.58. The van der Waals surface area contributed by atoms with Gasteiger partial charge in [0.1, 0.15) is 11.0 Å². The summed E-state index contributed by atoms with van der Waals surface area (Å²) in [6, 6.07) is 5.77. The molecule has 2 aromatic rings. The van der Waals surface area contributed by atoms with E-state index in [0.29, 0.717) is 36.0 Å². The second kappa shape index (κ2) is 6.68. The van der Waals surface area contributed by atoms with Gasteiger partial charge in [-0.1, -0.05) is 11.6 Å². The number of carbonyl (C=O) groups excluding carboxylic acids is 1. The van der Waals surface area contributed by atoms with E-state index in [9.17, 15) is 9.18 Å². The maximum atomic E-state index is 13.0. The van der Waals surface area contributed by atoms with Crippen LogP contribution in [0.15, 0.2) is 24.3 Å². The van der Waals surface area contributed by atoms with E-state index in [4.69, 9.17) is 16.3 Å². The third-order valence-corrected chi connectivity index (χ3v) is 4.23. The first-order chi connectivity index (χ1) is 11.1. The van der Waals surface area contributed by atoms with E-state index in [1.807, 2.05) is 0 Å². The molecule has 1 atom stereocenters. The zero-order valence-electron chi connectivity index (χ0n) is 12.7. The molecule has 3 rings (SSSR count). The van der Waals surface area contributed by atoms with Crippen molar-refractivity contribution in [3.8, 4) is 5.69 Å². The first-order valence-corrected chi connectivity index (χ1v) is 7.81. The van der Waals surface area contributed by atoms with E-state index in [0.717, 1.165) is 13.0 Å². The molecule has 1 fully saturated rings. The molecular weight excluding hydrogens is 321 g/mol. The number of ether oxygens (including phenoxy) is 1. The largest absolute Gasteiger partial charge is 0.381 e. The number of benzene rings is 1. The molecule has 0 bridgehead atoms. The minimum absolute atomic E-state index is 0.217. The highest BCUT2D eigenvalue weighted by molar-refractivity contribution is 6.33. The smallest absolute Gasteiger partial charge is 0.256 e. The lowest BCUT2D eigenvalue weighted by Gasteiger charge is -2.09. The Hall–Kier alpha value is -1.92. The van der Waals surface area contributed by atoms with Gasteiger partial charge in [0, 0.05) is 19.1 Å². The number of amides is 1. The minimum atomic E-state index is -0.342. The number of carbonyl (C=O) groups is 1. The second-order valence-electron chi connectivity index (χ2n) is 5.58. The van der Waals surface area contributed by atoms with Crippen molar-refractivity contribution < 1.29 is 13.9 Å². The molecule has 1 amide bonds. The van der Waals surface area contributed by atoms with Gasteiger partial charge in [0.15, 0.2) is 0 Å². The molecule has 23 heavy (non-hydrogen) atoms. The van der Waals surface area contributed by atoms with Crippen molar-refractivity contribution in [3.05, 3.63) is 46.5 Å². The van der Waals surface area contributed by atoms with Crippen LogP contribution in [0.3, 0.4) is 0 Å². The number of hydrogen-bond acceptors (Lipinski definition) is 3. The normalized spacial score (nSPS) is 17.4. The third kappa shape index (κ3) is 3.38. The highest BCUT2D eigenvalue weighted by Crippen LogP contribution is 2.24. The number of rotatable bonds is 4. The van der Waals surface area contributed by atoms with Gasteiger partial charge in [-0.2, -0.15) is 5.10 Å². The lowest BCUT2D eigenvalue weighted by Crippen LogP contribution is -2.29. The third-order valence-electron chi connectivity index (χ3n) is 3.88. The van der Waals surface area contributed by atoms with Crippen molar-refractivity contribution >= 4 is 17.5 Å². The molecule has 0 unspecified atom stereocenters. The maximum Gasteiger partial charge on any atom is 0.256 e. The van der Waals surface area contributed by atoms with Crippen LogP contribution in [0.25, 0.3) is 5.69 Å². The van der Waals surface area contributed by atoms with Gasteiger partial charge in [-0.25, -0.2) is 9.07 Å². The first-order valence-electron chi connectivity index (χ1n) is 7.43. The second-order valence-corrected chi connectivity index (χ2v) is 5.94. The summed E-state index contributed by atoms with van der Waals surface area (Å²) in [4.78, 5) is 12.4. The van der Waals surface area contributed by atoms with Crippen molar-refractivity contribution in [2.45, 2.75) is 13.3 Å². The van der Waals surface area contributed by atoms with Crippen LogP contribution in [0.2, 0.25) is 5.15 Å². The Morgan fingerprint density at radius 3 is 2.87 bits per heavy atom. The zero-order chi connectivity index (χ0) is 16.4. The van der Waals surface area contributed by atoms with Crippen molar-refractivity contribution in [1.29, 1.82) is 0 Å². The van der Waals surface area contributed by atoms with E-state index in [1.54, 1.807) is 19.1 Å². The quantitative estimate of drug-likeness (QED) is 0.933. The summed E-state index contributed by atoms with van der Waals surface area (Å²) in [7, 11) is 0. The molecule has 1 N–H and O–H groups in total. The number of aromatic nitrogens is 2. The van der Waals surface area contributed by atoms with Gasteiger partial charge < -0.3 is 10.1 Å². The van der Waals surface area contributed by atoms with E-state index in [-0.39, 0.29) is 16.9 Å². The van der Waals surface area contributed by atoms with Crippen LogP contribution in [0.4, 0.5) is 4.39 Å². The Morgan fingerprint density at radius 1 is 1.48 bits per heavy atom. The molecule has 5 nitrogen and oxygen atoms in total. The Balaban J connectivity index is 1.79. The number of nitrogens with one attached hydrogen (secondary N) is 1. The summed E-state index contributed by atoms with van der Waals surface area (Å²) in [6.45, 7) is 3.68. The molecule has 2 heterocycles. The lowest BCUT2D eigenvalue weighted by atomic mass is 10.1. The molecular formula is C16H17ClFN3O2. The van der Waals surface area contributed by atoms with E-state index >= 15 is 0 Å². The molecule has 1 aromatic carbocycles. The predicted octanol–water partition coefficient (Wildman–Crippen LogP) is 2.74. The van der Waals surface area contributed by atoms with Gasteiger partial charge in [-0.15, -0.1) is 0 Å². The Bertz CT molecular complexity index is 709. The molecule has 7 heteroatoms. The molecule has 1 aliphatic rings. The monoisotopic (exact) mass is 337 g/mol. The Morgan fingerprint density at radius 2 is 2.22 bits per heavy atom. The van der Waals surface area contributed by atoms with E-state index in [2.05, 4.69) is 10.4 Å². The van der Waals surface area contributed by atoms with E-state index in [1.165, 1.54) is 16.8 Å². The Labute approximate surface area is 138 Å². The van der Waals surface area contributed by atoms with Gasteiger partial charge >= 0.3 is 0 Å². The molecule has 1 aromatic heterocycles. The number of halogens is 2. The molecule has 1 aliphatic heterocycles. The molecule has 0 radical (unpaired) electrons. The average Bonchev–Trinajstić information content (AvgIpc) is 3.14. The van der Waals surface area contributed by atoms with Crippen LogP contribution in [0.1, 0.15) is 22.5 Å². The number of hydrogen-bond donors (Lipinski definition) is 1. The zero-order valence-corrected chi connectivity index (χ0v) is 13.4. The van der Waals surface area contributed by atoms with Gasteiger partial charge in [0.2, 0.25) is 0 Å². The fraction of sp³-hybridized carbons (Fsp3) is 0.375. The van der Waals surface area contributed by atoms with E-state index < -0.39 is 0 Å². The van der Waals surface area contributed by atoms with Crippen LogP contribution in [-0.2, 0) is 4.74 Å². The molecule has 0 saturated carbocycles. The minimum Gasteiger partial charge on any atom is -0.381 e. The molecule has 0 spiro atoms. The molecule has 0 aliphatic carbocycles. The average molecular weight is 338 g/mol. The summed E-state index contributed by atoms with van der Waals surface area (Å²) >= 11 is 6.32. The van der Waals surface area contributed by atoms with Gasteiger partial charge in [0.05, 0.1) is 23.6 Å². The summed E-state index contributed by atoms with van der Waals surface area (Å²) in [6.07, 6.45) is 0.946. The summed E-state index contributed by atoms with van der Waals surface area (Å²) in [5.74, 6) is -0.261. The predicted molar refractivity (Wildman–Crippen MR) is 84.5 cm³/mol. The van der Waals surface area contributed by atoms with Crippen LogP contribution in [-0.4, -0.2) is 35.4 Å². The summed E-state index contributed by atoms with van der Waals surface area (Å²) < 4.78 is 19.8. The highest BCUT2D eigenvalue weighted by Gasteiger charge is 2.23. The lowest BCUT2D eigenvalue weighted by molar-refractivity contribution is 0.0944. The Kier molecular flexibility index (Phi) is 4.63. The SMILES string of the molecule is Cc1nn(-c2ccc(F)cc2)c(Cl)c1C(=O)NC[C@H]1CCOC1. The maximum absolute atomic E-state index is 13.0. The van der Waals surface area contributed by atoms with Crippen molar-refractivity contribution in [1.82, 2.24) is 15.1 Å². The van der Waals surface area contributed by atoms with Crippen LogP contribution >= 0.6 is 11.6 Å². The summed E-state index contributed by atoms with van der Waals surface area (Å²) in [5.41, 5.74) is 1.47. The van der Waals surface area contributed by atoms with Crippen LogP contribution in [0.5, 0.6) is 0 Å². The standard InChI is InChI=1S/C16H17ClFN3O2/c1-10-14(16(22)19-8-11-6-7-23-9-11)15(17)21(20-10)13-4-2-12(18)3-5-13/h2-5,11H,6-9H2,1H3,(H,19,22)/t11-/m1/s1. The first kappa shape index (κ1) is 16.0. The van der Waals surface area contributed by atoms with Crippen molar-refractivity contribution in [2.75, 3.05) is 19.8 Å². The van der Waals surface area contributed by atoms with Crippen LogP contribution in [0, 0.1) is 18.7 Å². The van der Waals surface area contributed by atoms with Crippen molar-refractivity contribution in [2.24, 2.45) is 5.92 Å². The number of aryl methyl sites for hydroxylation is 1. The van der Waals surface area contributed by atoms with Gasteiger partial charge in [-0.05, 0) is 37.6 Å². The molecule has 122 valence electrons. The van der Waals surface area contributed by atoms with Crippen LogP contribution < -0.4 is 5.32 Å². The van der Waals surface area contributed by atoms with Gasteiger partial charge in [0.25, 0.3) is 5.91 Å². The summed E-state index contributed by atoms with van der Waals surface area (Å²) in [5, 5.41) is 7.38. The van der Waals surface area contributed by atoms with Crippen molar-refractivity contribution in [3.63, 3.8) is 0 Å². The van der Waals surface area contributed by atoms with Gasteiger partial charge in [-0.3, -0.25) is 4.79 Å². The molecule has 1 saturated heterocycles. The topological polar surface area (TPSA) is 56.2 Å². The highest BCUT2D eigenvalue weighted by atomic mass is 35.5. The fourth-order valence-corrected chi connectivity index (χ4v) is 2.94. The number of nitrogens with zero attached hydrogens (tertiary/aromatic N) is 2.